The Kier molecular flexibility index (Phi) is 2.92. The van der Waals surface area contributed by atoms with E-state index in [-0.39, 0.29) is 5.28 Å². The molecule has 0 spiro atoms. The van der Waals surface area contributed by atoms with Gasteiger partial charge in [-0.3, -0.25) is 0 Å². The third-order valence-electron chi connectivity index (χ3n) is 2.88. The molecule has 4 heteroatoms. The average Bonchev–Trinajstić information content (AvgIpc) is 3.16. The van der Waals surface area contributed by atoms with Crippen LogP contribution in [0.15, 0.2) is 30.5 Å². The molecule has 0 atom stereocenters. The van der Waals surface area contributed by atoms with Crippen molar-refractivity contribution in [2.24, 2.45) is 0 Å². The lowest BCUT2D eigenvalue weighted by Gasteiger charge is -2.08. The van der Waals surface area contributed by atoms with Gasteiger partial charge in [-0.25, -0.2) is 9.97 Å². The minimum atomic E-state index is 0.268. The minimum Gasteiger partial charge on any atom is -0.490 e. The molecule has 0 aliphatic heterocycles. The fourth-order valence-electron chi connectivity index (χ4n) is 1.81. The smallest absolute Gasteiger partial charge is 0.222 e. The molecular formula is C14H13ClN2O. The van der Waals surface area contributed by atoms with Crippen LogP contribution in [0.2, 0.25) is 5.28 Å². The molecule has 1 heterocycles. The molecule has 0 amide bonds. The highest BCUT2D eigenvalue weighted by Crippen LogP contribution is 2.30. The molecule has 1 aliphatic carbocycles. The second kappa shape index (κ2) is 4.58. The highest BCUT2D eigenvalue weighted by Gasteiger charge is 2.23. The van der Waals surface area contributed by atoms with Gasteiger partial charge in [0.2, 0.25) is 5.28 Å². The lowest BCUT2D eigenvalue weighted by Crippen LogP contribution is -1.96. The first-order valence-corrected chi connectivity index (χ1v) is 6.36. The summed E-state index contributed by atoms with van der Waals surface area (Å²) in [5, 5.41) is 0.268. The van der Waals surface area contributed by atoms with Crippen LogP contribution in [0.5, 0.6) is 5.75 Å². The summed E-state index contributed by atoms with van der Waals surface area (Å²) < 4.78 is 5.78. The van der Waals surface area contributed by atoms with E-state index in [1.54, 1.807) is 6.20 Å². The molecule has 0 radical (unpaired) electrons. The summed E-state index contributed by atoms with van der Waals surface area (Å²) in [7, 11) is 0. The van der Waals surface area contributed by atoms with Gasteiger partial charge in [0.25, 0.3) is 0 Å². The highest BCUT2D eigenvalue weighted by atomic mass is 35.5. The van der Waals surface area contributed by atoms with Gasteiger partial charge in [-0.2, -0.15) is 0 Å². The number of benzene rings is 1. The van der Waals surface area contributed by atoms with Crippen molar-refractivity contribution in [3.05, 3.63) is 41.3 Å². The molecular weight excluding hydrogens is 248 g/mol. The van der Waals surface area contributed by atoms with Gasteiger partial charge in [-0.05, 0) is 49.1 Å². The van der Waals surface area contributed by atoms with Crippen LogP contribution in [0.3, 0.4) is 0 Å². The normalized spacial score (nSPS) is 14.6. The van der Waals surface area contributed by atoms with E-state index in [4.69, 9.17) is 16.3 Å². The Balaban J connectivity index is 1.96. The number of aryl methyl sites for hydroxylation is 1. The van der Waals surface area contributed by atoms with Crippen molar-refractivity contribution in [1.29, 1.82) is 0 Å². The van der Waals surface area contributed by atoms with Crippen LogP contribution >= 0.6 is 11.6 Å². The van der Waals surface area contributed by atoms with E-state index in [1.165, 1.54) is 0 Å². The van der Waals surface area contributed by atoms with Crippen molar-refractivity contribution in [2.75, 3.05) is 0 Å². The maximum atomic E-state index is 5.85. The zero-order valence-electron chi connectivity index (χ0n) is 10.1. The first kappa shape index (κ1) is 11.5. The van der Waals surface area contributed by atoms with Crippen molar-refractivity contribution in [2.45, 2.75) is 25.9 Å². The van der Waals surface area contributed by atoms with Crippen molar-refractivity contribution in [1.82, 2.24) is 9.97 Å². The summed E-state index contributed by atoms with van der Waals surface area (Å²) in [5.74, 6) is 0.893. The van der Waals surface area contributed by atoms with Crippen molar-refractivity contribution in [3.63, 3.8) is 0 Å². The Hall–Kier alpha value is -1.61. The molecule has 0 saturated heterocycles. The Morgan fingerprint density at radius 3 is 2.94 bits per heavy atom. The van der Waals surface area contributed by atoms with Gasteiger partial charge in [-0.15, -0.1) is 0 Å². The summed E-state index contributed by atoms with van der Waals surface area (Å²) in [6, 6.07) is 7.96. The van der Waals surface area contributed by atoms with E-state index in [0.717, 1.165) is 35.4 Å². The first-order valence-electron chi connectivity index (χ1n) is 5.98. The molecule has 92 valence electrons. The van der Waals surface area contributed by atoms with Crippen LogP contribution in [0.1, 0.15) is 18.4 Å². The summed E-state index contributed by atoms with van der Waals surface area (Å²) in [5.41, 5.74) is 2.87. The zero-order valence-corrected chi connectivity index (χ0v) is 10.8. The van der Waals surface area contributed by atoms with Crippen LogP contribution in [0.25, 0.3) is 11.3 Å². The van der Waals surface area contributed by atoms with E-state index in [9.17, 15) is 0 Å². The topological polar surface area (TPSA) is 35.0 Å². The van der Waals surface area contributed by atoms with Gasteiger partial charge in [0.15, 0.2) is 0 Å². The van der Waals surface area contributed by atoms with Crippen LogP contribution in [0, 0.1) is 6.92 Å². The largest absolute Gasteiger partial charge is 0.490 e. The van der Waals surface area contributed by atoms with Crippen LogP contribution in [-0.4, -0.2) is 16.1 Å². The quantitative estimate of drug-likeness (QED) is 0.790. The van der Waals surface area contributed by atoms with E-state index in [0.29, 0.717) is 6.10 Å². The number of hydrogen-bond acceptors (Lipinski definition) is 3. The fraction of sp³-hybridized carbons (Fsp3) is 0.286. The Morgan fingerprint density at radius 1 is 1.33 bits per heavy atom. The molecule has 0 N–H and O–H groups in total. The standard InChI is InChI=1S/C14H13ClN2O/c1-9-8-16-14(15)17-13(9)10-3-2-4-12(7-10)18-11-5-6-11/h2-4,7-8,11H,5-6H2,1H3. The minimum absolute atomic E-state index is 0.268. The summed E-state index contributed by atoms with van der Waals surface area (Å²) in [6.07, 6.45) is 4.44. The van der Waals surface area contributed by atoms with Gasteiger partial charge in [0.1, 0.15) is 5.75 Å². The first-order chi connectivity index (χ1) is 8.72. The number of halogens is 1. The van der Waals surface area contributed by atoms with Crippen molar-refractivity contribution >= 4 is 11.6 Å². The third kappa shape index (κ3) is 2.46. The van der Waals surface area contributed by atoms with E-state index in [2.05, 4.69) is 9.97 Å². The van der Waals surface area contributed by atoms with Gasteiger partial charge in [-0.1, -0.05) is 12.1 Å². The second-order valence-corrected chi connectivity index (χ2v) is 4.85. The number of rotatable bonds is 3. The maximum absolute atomic E-state index is 5.85. The summed E-state index contributed by atoms with van der Waals surface area (Å²) >= 11 is 5.85. The zero-order chi connectivity index (χ0) is 12.5. The second-order valence-electron chi connectivity index (χ2n) is 4.52. The Morgan fingerprint density at radius 2 is 2.17 bits per heavy atom. The molecule has 0 bridgehead atoms. The van der Waals surface area contributed by atoms with Crippen molar-refractivity contribution < 1.29 is 4.74 Å². The number of aromatic nitrogens is 2. The van der Waals surface area contributed by atoms with E-state index >= 15 is 0 Å². The molecule has 1 aromatic heterocycles. The highest BCUT2D eigenvalue weighted by molar-refractivity contribution is 6.28. The SMILES string of the molecule is Cc1cnc(Cl)nc1-c1cccc(OC2CC2)c1. The predicted octanol–water partition coefficient (Wildman–Crippen LogP) is 3.65. The van der Waals surface area contributed by atoms with E-state index in [1.807, 2.05) is 31.2 Å². The lowest BCUT2D eigenvalue weighted by atomic mass is 10.1. The predicted molar refractivity (Wildman–Crippen MR) is 70.9 cm³/mol. The molecule has 1 saturated carbocycles. The molecule has 3 rings (SSSR count). The van der Waals surface area contributed by atoms with Crippen molar-refractivity contribution in [3.8, 4) is 17.0 Å². The molecule has 0 unspecified atom stereocenters. The number of ether oxygens (including phenoxy) is 1. The molecule has 2 aromatic rings. The monoisotopic (exact) mass is 260 g/mol. The Bertz CT molecular complexity index is 582. The fourth-order valence-corrected chi connectivity index (χ4v) is 1.94. The number of nitrogens with zero attached hydrogens (tertiary/aromatic N) is 2. The molecule has 1 fully saturated rings. The van der Waals surface area contributed by atoms with Gasteiger partial charge >= 0.3 is 0 Å². The maximum Gasteiger partial charge on any atom is 0.222 e. The third-order valence-corrected chi connectivity index (χ3v) is 3.06. The molecule has 18 heavy (non-hydrogen) atoms. The van der Waals surface area contributed by atoms with Crippen LogP contribution in [0.4, 0.5) is 0 Å². The molecule has 1 aliphatic rings. The Labute approximate surface area is 111 Å². The molecule has 3 nitrogen and oxygen atoms in total. The summed E-state index contributed by atoms with van der Waals surface area (Å²) in [4.78, 5) is 8.25. The van der Waals surface area contributed by atoms with E-state index < -0.39 is 0 Å². The average molecular weight is 261 g/mol. The molecule has 1 aromatic carbocycles. The van der Waals surface area contributed by atoms with Crippen LogP contribution < -0.4 is 4.74 Å². The van der Waals surface area contributed by atoms with Gasteiger partial charge < -0.3 is 4.74 Å². The van der Waals surface area contributed by atoms with Gasteiger partial charge in [0, 0.05) is 11.8 Å². The summed E-state index contributed by atoms with van der Waals surface area (Å²) in [6.45, 7) is 1.97. The van der Waals surface area contributed by atoms with Crippen LogP contribution in [-0.2, 0) is 0 Å². The number of hydrogen-bond donors (Lipinski definition) is 0. The lowest BCUT2D eigenvalue weighted by molar-refractivity contribution is 0.303. The van der Waals surface area contributed by atoms with Gasteiger partial charge in [0.05, 0.1) is 11.8 Å².